The topological polar surface area (TPSA) is 102 Å². The van der Waals surface area contributed by atoms with Crippen molar-refractivity contribution < 1.29 is 19.5 Å². The van der Waals surface area contributed by atoms with Crippen LogP contribution in [0.4, 0.5) is 0 Å². The summed E-state index contributed by atoms with van der Waals surface area (Å²) >= 11 is 6.01. The van der Waals surface area contributed by atoms with Crippen LogP contribution >= 0.6 is 11.6 Å². The van der Waals surface area contributed by atoms with Crippen molar-refractivity contribution in [2.24, 2.45) is 5.92 Å². The van der Waals surface area contributed by atoms with E-state index in [2.05, 4.69) is 10.3 Å². The molecule has 0 radical (unpaired) electrons. The van der Waals surface area contributed by atoms with Crippen molar-refractivity contribution in [2.75, 3.05) is 13.1 Å². The van der Waals surface area contributed by atoms with E-state index in [1.807, 2.05) is 30.3 Å². The Morgan fingerprint density at radius 3 is 2.52 bits per heavy atom. The molecule has 7 nitrogen and oxygen atoms in total. The van der Waals surface area contributed by atoms with Crippen molar-refractivity contribution in [3.8, 4) is 0 Å². The molecule has 3 N–H and O–H groups in total. The van der Waals surface area contributed by atoms with Crippen molar-refractivity contribution in [3.63, 3.8) is 0 Å². The Morgan fingerprint density at radius 1 is 1.13 bits per heavy atom. The van der Waals surface area contributed by atoms with Gasteiger partial charge in [0, 0.05) is 35.4 Å². The number of rotatable bonds is 6. The quantitative estimate of drug-likeness (QED) is 0.501. The summed E-state index contributed by atoms with van der Waals surface area (Å²) < 4.78 is 0. The van der Waals surface area contributed by atoms with Crippen molar-refractivity contribution in [1.82, 2.24) is 15.2 Å². The average Bonchev–Trinajstić information content (AvgIpc) is 3.10. The first-order chi connectivity index (χ1) is 14.4. The summed E-state index contributed by atoms with van der Waals surface area (Å²) in [4.78, 5) is 41.4. The van der Waals surface area contributed by atoms with Crippen LogP contribution < -0.4 is 5.32 Å². The maximum atomic E-state index is 13.0. The fourth-order valence-corrected chi connectivity index (χ4v) is 3.73. The van der Waals surface area contributed by atoms with Crippen LogP contribution in [0.3, 0.4) is 0 Å². The van der Waals surface area contributed by atoms with E-state index in [1.165, 1.54) is 4.90 Å². The predicted octanol–water partition coefficient (Wildman–Crippen LogP) is 2.06. The van der Waals surface area contributed by atoms with Gasteiger partial charge < -0.3 is 20.3 Å². The molecule has 1 aromatic heterocycles. The zero-order valence-electron chi connectivity index (χ0n) is 16.0. The van der Waals surface area contributed by atoms with Crippen molar-refractivity contribution in [2.45, 2.75) is 12.5 Å². The first-order valence-corrected chi connectivity index (χ1v) is 9.93. The van der Waals surface area contributed by atoms with Crippen LogP contribution in [0.5, 0.6) is 0 Å². The molecule has 1 aliphatic heterocycles. The summed E-state index contributed by atoms with van der Waals surface area (Å²) in [6.07, 6.45) is 0.311. The Kier molecular flexibility index (Phi) is 7.43. The van der Waals surface area contributed by atoms with Gasteiger partial charge in [-0.05, 0) is 29.8 Å². The third kappa shape index (κ3) is 5.30. The predicted molar refractivity (Wildman–Crippen MR) is 120 cm³/mol. The number of nitrogens with one attached hydrogen (secondary N) is 2. The Bertz CT molecular complexity index is 1110. The molecule has 9 heteroatoms. The zero-order chi connectivity index (χ0) is 21.3. The Hall–Kier alpha value is -2.32. The molecule has 1 atom stereocenters. The van der Waals surface area contributed by atoms with E-state index in [9.17, 15) is 14.4 Å². The van der Waals surface area contributed by atoms with Gasteiger partial charge in [-0.1, -0.05) is 41.9 Å². The molecule has 31 heavy (non-hydrogen) atoms. The number of carboxylic acids is 1. The summed E-state index contributed by atoms with van der Waals surface area (Å²) in [6.45, 7) is 0.306. The van der Waals surface area contributed by atoms with Gasteiger partial charge in [-0.25, -0.2) is 0 Å². The number of aromatic nitrogens is 1. The van der Waals surface area contributed by atoms with Crippen LogP contribution in [-0.2, 0) is 16.0 Å². The first-order valence-electron chi connectivity index (χ1n) is 9.55. The van der Waals surface area contributed by atoms with E-state index < -0.39 is 23.8 Å². The zero-order valence-corrected chi connectivity index (χ0v) is 16.7. The Balaban J connectivity index is 0.00000272. The van der Waals surface area contributed by atoms with Gasteiger partial charge in [-0.3, -0.25) is 14.4 Å². The number of nitrogens with zero attached hydrogens (tertiary/aromatic N) is 1. The van der Waals surface area contributed by atoms with E-state index >= 15 is 0 Å². The molecule has 4 rings (SSSR count). The van der Waals surface area contributed by atoms with E-state index in [0.29, 0.717) is 17.1 Å². The van der Waals surface area contributed by atoms with Crippen LogP contribution in [0.1, 0.15) is 16.1 Å². The molecule has 3 aromatic rings. The van der Waals surface area contributed by atoms with Crippen molar-refractivity contribution in [3.05, 3.63) is 70.9 Å². The summed E-state index contributed by atoms with van der Waals surface area (Å²) in [5.41, 5.74) is 1.99. The fraction of sp³-hybridized carbons (Fsp3) is 0.227. The van der Waals surface area contributed by atoms with Crippen molar-refractivity contribution >= 4 is 69.8 Å². The number of H-pyrrole nitrogens is 1. The molecule has 156 valence electrons. The van der Waals surface area contributed by atoms with Gasteiger partial charge in [0.2, 0.25) is 5.91 Å². The number of fused-ring (bicyclic) bond motifs is 1. The Morgan fingerprint density at radius 2 is 1.84 bits per heavy atom. The number of amides is 2. The minimum absolute atomic E-state index is 0. The number of carbonyl (C=O) groups is 3. The molecule has 0 aliphatic carbocycles. The number of likely N-dealkylation sites (tertiary alicyclic amines) is 1. The van der Waals surface area contributed by atoms with Crippen LogP contribution in [0.25, 0.3) is 10.9 Å². The van der Waals surface area contributed by atoms with E-state index in [-0.39, 0.29) is 48.6 Å². The fourth-order valence-electron chi connectivity index (χ4n) is 3.55. The molecule has 2 amide bonds. The van der Waals surface area contributed by atoms with Gasteiger partial charge in [0.1, 0.15) is 11.7 Å². The minimum atomic E-state index is -0.917. The maximum absolute atomic E-state index is 13.0. The van der Waals surface area contributed by atoms with E-state index in [4.69, 9.17) is 16.7 Å². The molecule has 2 heterocycles. The molecule has 2 aromatic carbocycles. The van der Waals surface area contributed by atoms with Gasteiger partial charge >= 0.3 is 35.5 Å². The number of benzene rings is 2. The normalized spacial score (nSPS) is 14.4. The SMILES string of the molecule is O=C(N[C@@H](Cc1ccccc1)C(=O)N1CC(C(=O)O)C1)c1cc2cc(Cl)ccc2[nH]1.[NaH]. The van der Waals surface area contributed by atoms with Crippen LogP contribution in [0.15, 0.2) is 54.6 Å². The van der Waals surface area contributed by atoms with Gasteiger partial charge in [-0.2, -0.15) is 0 Å². The van der Waals surface area contributed by atoms with Gasteiger partial charge in [0.25, 0.3) is 5.91 Å². The summed E-state index contributed by atoms with van der Waals surface area (Å²) in [6, 6.07) is 15.5. The molecular formula is C22H21ClN3NaO4. The average molecular weight is 450 g/mol. The molecular weight excluding hydrogens is 429 g/mol. The molecule has 1 fully saturated rings. The first kappa shape index (κ1) is 23.3. The third-order valence-electron chi connectivity index (χ3n) is 5.26. The number of aliphatic carboxylic acids is 1. The molecule has 1 aliphatic rings. The number of carbonyl (C=O) groups excluding carboxylic acids is 2. The second-order valence-electron chi connectivity index (χ2n) is 7.41. The number of carboxylic acid groups (broad SMARTS) is 1. The second kappa shape index (κ2) is 9.87. The van der Waals surface area contributed by atoms with Crippen molar-refractivity contribution in [1.29, 1.82) is 0 Å². The number of aromatic amines is 1. The summed E-state index contributed by atoms with van der Waals surface area (Å²) in [7, 11) is 0. The van der Waals surface area contributed by atoms with Crippen LogP contribution in [0.2, 0.25) is 5.02 Å². The third-order valence-corrected chi connectivity index (χ3v) is 5.49. The van der Waals surface area contributed by atoms with Gasteiger partial charge in [0.05, 0.1) is 5.92 Å². The molecule has 0 saturated carbocycles. The molecule has 0 spiro atoms. The molecule has 0 bridgehead atoms. The molecule has 0 unspecified atom stereocenters. The monoisotopic (exact) mass is 449 g/mol. The van der Waals surface area contributed by atoms with Crippen LogP contribution in [0, 0.1) is 5.92 Å². The van der Waals surface area contributed by atoms with E-state index in [0.717, 1.165) is 16.5 Å². The second-order valence-corrected chi connectivity index (χ2v) is 7.85. The van der Waals surface area contributed by atoms with Gasteiger partial charge in [-0.15, -0.1) is 0 Å². The number of hydrogen-bond acceptors (Lipinski definition) is 3. The summed E-state index contributed by atoms with van der Waals surface area (Å²) in [5, 5.41) is 13.2. The Labute approximate surface area is 206 Å². The standard InChI is InChI=1S/C22H20ClN3O4.Na.H/c23-16-6-7-17-14(9-16)10-18(24-17)20(27)25-19(8-13-4-2-1-3-5-13)21(28)26-11-15(12-26)22(29)30;;/h1-7,9-10,15,19,24H,8,11-12H2,(H,25,27)(H,29,30);;/t19-;;/m0../s1. The number of halogens is 1. The summed E-state index contributed by atoms with van der Waals surface area (Å²) in [5.74, 6) is -2.17. The molecule has 1 saturated heterocycles. The van der Waals surface area contributed by atoms with E-state index in [1.54, 1.807) is 24.3 Å². The van der Waals surface area contributed by atoms with Gasteiger partial charge in [0.15, 0.2) is 0 Å². The van der Waals surface area contributed by atoms with Crippen LogP contribution in [-0.4, -0.2) is 81.5 Å². The number of hydrogen-bond donors (Lipinski definition) is 3.